The molecule has 0 atom stereocenters. The monoisotopic (exact) mass is 523 g/mol. The van der Waals surface area contributed by atoms with E-state index in [0.29, 0.717) is 22.2 Å². The third-order valence-corrected chi connectivity index (χ3v) is 6.67. The molecule has 0 aliphatic carbocycles. The lowest BCUT2D eigenvalue weighted by Crippen LogP contribution is -2.54. The molecule has 35 heavy (non-hydrogen) atoms. The fourth-order valence-electron chi connectivity index (χ4n) is 4.02. The fraction of sp³-hybridized carbons (Fsp3) is 0.0385. The van der Waals surface area contributed by atoms with Crippen LogP contribution in [0.15, 0.2) is 78.5 Å². The van der Waals surface area contributed by atoms with Gasteiger partial charge in [0.25, 0.3) is 11.8 Å². The van der Waals surface area contributed by atoms with E-state index < -0.39 is 17.6 Å². The molecule has 5 rings (SSSR count). The number of anilines is 1. The van der Waals surface area contributed by atoms with Crippen LogP contribution in [0.5, 0.6) is 0 Å². The molecule has 2 amide bonds. The summed E-state index contributed by atoms with van der Waals surface area (Å²) in [6.07, 6.45) is 3.35. The molecule has 0 bridgehead atoms. The van der Waals surface area contributed by atoms with Crippen molar-refractivity contribution in [1.29, 1.82) is 0 Å². The zero-order chi connectivity index (χ0) is 24.7. The van der Waals surface area contributed by atoms with Gasteiger partial charge in [-0.2, -0.15) is 0 Å². The Hall–Kier alpha value is -3.52. The Morgan fingerprint density at radius 3 is 2.49 bits per heavy atom. The highest BCUT2D eigenvalue weighted by Gasteiger charge is 2.35. The highest BCUT2D eigenvalue weighted by atomic mass is 35.5. The van der Waals surface area contributed by atoms with Gasteiger partial charge in [-0.25, -0.2) is 9.29 Å². The summed E-state index contributed by atoms with van der Waals surface area (Å²) in [7, 11) is 0. The second kappa shape index (κ2) is 9.26. The van der Waals surface area contributed by atoms with Crippen molar-refractivity contribution < 1.29 is 14.0 Å². The first kappa shape index (κ1) is 23.2. The van der Waals surface area contributed by atoms with E-state index in [4.69, 9.17) is 35.4 Å². The first-order chi connectivity index (χ1) is 16.8. The van der Waals surface area contributed by atoms with Crippen molar-refractivity contribution >= 4 is 75.0 Å². The average molecular weight is 524 g/mol. The molecule has 174 valence electrons. The number of para-hydroxylation sites is 2. The topological polar surface area (TPSA) is 54.3 Å². The molecule has 3 aromatic carbocycles. The number of fused-ring (bicyclic) bond motifs is 1. The van der Waals surface area contributed by atoms with Gasteiger partial charge in [0.1, 0.15) is 11.4 Å². The molecule has 0 unspecified atom stereocenters. The Balaban J connectivity index is 1.57. The summed E-state index contributed by atoms with van der Waals surface area (Å²) < 4.78 is 16.4. The van der Waals surface area contributed by atoms with Gasteiger partial charge in [-0.15, -0.1) is 0 Å². The number of hydrogen-bond acceptors (Lipinski definition) is 3. The van der Waals surface area contributed by atoms with Crippen LogP contribution >= 0.6 is 35.4 Å². The van der Waals surface area contributed by atoms with Crippen LogP contribution in [0.1, 0.15) is 11.1 Å². The minimum absolute atomic E-state index is 0.0320. The van der Waals surface area contributed by atoms with Gasteiger partial charge in [-0.3, -0.25) is 14.9 Å². The van der Waals surface area contributed by atoms with E-state index in [1.807, 2.05) is 41.1 Å². The summed E-state index contributed by atoms with van der Waals surface area (Å²) in [5, 5.41) is 4.08. The number of carbonyl (C=O) groups excluding carboxylic acids is 2. The first-order valence-corrected chi connectivity index (χ1v) is 11.7. The summed E-state index contributed by atoms with van der Waals surface area (Å²) in [6.45, 7) is 0.492. The van der Waals surface area contributed by atoms with Gasteiger partial charge in [-0.05, 0) is 54.2 Å². The van der Waals surface area contributed by atoms with E-state index in [1.165, 1.54) is 24.3 Å². The SMILES string of the molecule is O=C1NC(=S)N(c2ccccc2F)C(=O)/C1=C/c1cn(Cc2ccc(Cl)c(Cl)c2)c2ccccc12. The lowest BCUT2D eigenvalue weighted by atomic mass is 10.1. The molecule has 0 spiro atoms. The van der Waals surface area contributed by atoms with Crippen LogP contribution in [0.3, 0.4) is 0 Å². The van der Waals surface area contributed by atoms with Crippen LogP contribution in [-0.4, -0.2) is 21.5 Å². The minimum atomic E-state index is -0.704. The number of carbonyl (C=O) groups is 2. The summed E-state index contributed by atoms with van der Waals surface area (Å²) in [5.74, 6) is -1.98. The van der Waals surface area contributed by atoms with Crippen LogP contribution in [0.25, 0.3) is 17.0 Å². The molecular formula is C26H16Cl2FN3O2S. The summed E-state index contributed by atoms with van der Waals surface area (Å²) in [6, 6.07) is 18.8. The van der Waals surface area contributed by atoms with Crippen LogP contribution in [0.4, 0.5) is 10.1 Å². The van der Waals surface area contributed by atoms with Crippen molar-refractivity contribution in [2.24, 2.45) is 0 Å². The fourth-order valence-corrected chi connectivity index (χ4v) is 4.62. The van der Waals surface area contributed by atoms with Gasteiger partial charge in [-0.1, -0.05) is 59.6 Å². The van der Waals surface area contributed by atoms with E-state index >= 15 is 0 Å². The molecular weight excluding hydrogens is 508 g/mol. The molecule has 1 aromatic heterocycles. The van der Waals surface area contributed by atoms with E-state index in [-0.39, 0.29) is 16.4 Å². The van der Waals surface area contributed by atoms with Gasteiger partial charge in [0.15, 0.2) is 5.11 Å². The van der Waals surface area contributed by atoms with Crippen molar-refractivity contribution in [2.75, 3.05) is 4.90 Å². The summed E-state index contributed by atoms with van der Waals surface area (Å²) in [4.78, 5) is 27.1. The quantitative estimate of drug-likeness (QED) is 0.204. The van der Waals surface area contributed by atoms with E-state index in [1.54, 1.807) is 18.2 Å². The van der Waals surface area contributed by atoms with Gasteiger partial charge in [0.2, 0.25) is 0 Å². The third-order valence-electron chi connectivity index (χ3n) is 5.65. The zero-order valence-electron chi connectivity index (χ0n) is 18.0. The molecule has 1 aliphatic heterocycles. The van der Waals surface area contributed by atoms with Crippen LogP contribution in [0, 0.1) is 5.82 Å². The normalized spacial score (nSPS) is 15.2. The molecule has 1 N–H and O–H groups in total. The number of halogens is 3. The van der Waals surface area contributed by atoms with E-state index in [2.05, 4.69) is 5.32 Å². The van der Waals surface area contributed by atoms with Crippen LogP contribution in [0.2, 0.25) is 10.0 Å². The molecule has 0 saturated carbocycles. The summed E-state index contributed by atoms with van der Waals surface area (Å²) >= 11 is 17.4. The van der Waals surface area contributed by atoms with Gasteiger partial charge in [0, 0.05) is 29.2 Å². The Morgan fingerprint density at radius 1 is 0.971 bits per heavy atom. The Morgan fingerprint density at radius 2 is 1.71 bits per heavy atom. The molecule has 1 saturated heterocycles. The Bertz CT molecular complexity index is 1560. The van der Waals surface area contributed by atoms with Crippen LogP contribution in [-0.2, 0) is 16.1 Å². The van der Waals surface area contributed by atoms with Crippen LogP contribution < -0.4 is 10.2 Å². The Kier molecular flexibility index (Phi) is 6.15. The molecule has 5 nitrogen and oxygen atoms in total. The standard InChI is InChI=1S/C26H16Cl2FN3O2S/c27-19-10-9-15(11-20(19)28)13-31-14-16(17-5-1-3-7-22(17)31)12-18-24(33)30-26(35)32(25(18)34)23-8-4-2-6-21(23)29/h1-12,14H,13H2,(H,30,33,35)/b18-12+. The predicted octanol–water partition coefficient (Wildman–Crippen LogP) is 5.97. The molecule has 1 fully saturated rings. The number of hydrogen-bond donors (Lipinski definition) is 1. The number of nitrogens with zero attached hydrogens (tertiary/aromatic N) is 2. The third kappa shape index (κ3) is 4.34. The van der Waals surface area contributed by atoms with Crippen molar-refractivity contribution in [3.05, 3.63) is 105 Å². The lowest BCUT2D eigenvalue weighted by molar-refractivity contribution is -0.122. The maximum atomic E-state index is 14.4. The molecule has 2 heterocycles. The van der Waals surface area contributed by atoms with Gasteiger partial charge in [0.05, 0.1) is 15.7 Å². The van der Waals surface area contributed by atoms with Crippen molar-refractivity contribution in [2.45, 2.75) is 6.54 Å². The van der Waals surface area contributed by atoms with Crippen molar-refractivity contribution in [3.8, 4) is 0 Å². The Labute approximate surface area is 215 Å². The average Bonchev–Trinajstić information content (AvgIpc) is 3.17. The maximum absolute atomic E-state index is 14.4. The molecule has 4 aromatic rings. The minimum Gasteiger partial charge on any atom is -0.342 e. The second-order valence-corrected chi connectivity index (χ2v) is 9.09. The maximum Gasteiger partial charge on any atom is 0.270 e. The molecule has 1 aliphatic rings. The lowest BCUT2D eigenvalue weighted by Gasteiger charge is -2.29. The first-order valence-electron chi connectivity index (χ1n) is 10.5. The summed E-state index contributed by atoms with van der Waals surface area (Å²) in [5.41, 5.74) is 2.30. The highest BCUT2D eigenvalue weighted by Crippen LogP contribution is 2.29. The number of rotatable bonds is 4. The largest absolute Gasteiger partial charge is 0.342 e. The number of thiocarbonyl (C=S) groups is 1. The van der Waals surface area contributed by atoms with E-state index in [9.17, 15) is 14.0 Å². The molecule has 0 radical (unpaired) electrons. The van der Waals surface area contributed by atoms with Gasteiger partial charge < -0.3 is 4.57 Å². The van der Waals surface area contributed by atoms with Crippen molar-refractivity contribution in [3.63, 3.8) is 0 Å². The number of nitrogens with one attached hydrogen (secondary N) is 1. The number of aromatic nitrogens is 1. The number of benzene rings is 3. The molecule has 9 heteroatoms. The number of amides is 2. The van der Waals surface area contributed by atoms with Gasteiger partial charge >= 0.3 is 0 Å². The smallest absolute Gasteiger partial charge is 0.270 e. The van der Waals surface area contributed by atoms with E-state index in [0.717, 1.165) is 21.4 Å². The second-order valence-electron chi connectivity index (χ2n) is 7.89. The zero-order valence-corrected chi connectivity index (χ0v) is 20.3. The predicted molar refractivity (Wildman–Crippen MR) is 140 cm³/mol. The highest BCUT2D eigenvalue weighted by molar-refractivity contribution is 7.80. The van der Waals surface area contributed by atoms with Crippen molar-refractivity contribution in [1.82, 2.24) is 9.88 Å².